The van der Waals surface area contributed by atoms with Gasteiger partial charge in [0.25, 0.3) is 5.91 Å². The summed E-state index contributed by atoms with van der Waals surface area (Å²) < 4.78 is 5.71. The molecule has 0 aliphatic carbocycles. The fraction of sp³-hybridized carbons (Fsp3) is 0.923. The van der Waals surface area contributed by atoms with Gasteiger partial charge in [0.15, 0.2) is 0 Å². The van der Waals surface area contributed by atoms with Crippen LogP contribution in [0.2, 0.25) is 0 Å². The number of hydrogen-bond acceptors (Lipinski definition) is 4. The molecule has 0 saturated carbocycles. The molecule has 3 N–H and O–H groups in total. The lowest BCUT2D eigenvalue weighted by Crippen LogP contribution is -2.44. The minimum absolute atomic E-state index is 0.127. The highest BCUT2D eigenvalue weighted by Gasteiger charge is 2.33. The van der Waals surface area contributed by atoms with Gasteiger partial charge in [0.2, 0.25) is 0 Å². The van der Waals surface area contributed by atoms with E-state index in [0.29, 0.717) is 6.04 Å². The van der Waals surface area contributed by atoms with E-state index in [2.05, 4.69) is 45.1 Å². The van der Waals surface area contributed by atoms with Crippen molar-refractivity contribution >= 4 is 5.91 Å². The molecule has 0 spiro atoms. The van der Waals surface area contributed by atoms with Crippen LogP contribution in [0, 0.1) is 5.41 Å². The number of amides is 1. The molecule has 1 aliphatic rings. The first-order valence-electron chi connectivity index (χ1n) is 6.62. The zero-order chi connectivity index (χ0) is 13.9. The van der Waals surface area contributed by atoms with Crippen molar-refractivity contribution in [1.29, 1.82) is 0 Å². The highest BCUT2D eigenvalue weighted by molar-refractivity contribution is 5.80. The summed E-state index contributed by atoms with van der Waals surface area (Å²) >= 11 is 0. The maximum Gasteiger partial charge on any atom is 0.263 e. The molecule has 0 aromatic rings. The van der Waals surface area contributed by atoms with Crippen LogP contribution in [0.1, 0.15) is 40.5 Å². The fourth-order valence-corrected chi connectivity index (χ4v) is 2.27. The number of nitrogens with two attached hydrogens (primary N) is 1. The topological polar surface area (TPSA) is 67.6 Å². The molecular weight excluding hydrogens is 230 g/mol. The van der Waals surface area contributed by atoms with Crippen LogP contribution in [0.5, 0.6) is 0 Å². The Balaban J connectivity index is 2.43. The van der Waals surface area contributed by atoms with E-state index >= 15 is 0 Å². The second-order valence-corrected chi connectivity index (χ2v) is 6.31. The fourth-order valence-electron chi connectivity index (χ4n) is 2.27. The van der Waals surface area contributed by atoms with E-state index in [0.717, 1.165) is 19.4 Å². The van der Waals surface area contributed by atoms with Gasteiger partial charge in [-0.15, -0.1) is 0 Å². The van der Waals surface area contributed by atoms with Gasteiger partial charge in [-0.2, -0.15) is 0 Å². The number of carbonyl (C=O) groups excluding carboxylic acids is 1. The second kappa shape index (κ2) is 5.99. The van der Waals surface area contributed by atoms with Crippen LogP contribution in [-0.2, 0) is 9.53 Å². The minimum atomic E-state index is -0.377. The molecule has 1 amide bonds. The number of rotatable bonds is 4. The van der Waals surface area contributed by atoms with Crippen molar-refractivity contribution < 1.29 is 9.53 Å². The first kappa shape index (κ1) is 15.4. The van der Waals surface area contributed by atoms with Gasteiger partial charge in [-0.3, -0.25) is 10.2 Å². The van der Waals surface area contributed by atoms with E-state index in [1.165, 1.54) is 0 Å². The van der Waals surface area contributed by atoms with E-state index in [1.807, 2.05) is 0 Å². The second-order valence-electron chi connectivity index (χ2n) is 6.31. The van der Waals surface area contributed by atoms with Gasteiger partial charge in [-0.1, -0.05) is 20.8 Å². The van der Waals surface area contributed by atoms with Gasteiger partial charge in [-0.05, 0) is 32.2 Å². The van der Waals surface area contributed by atoms with Crippen molar-refractivity contribution in [2.45, 2.75) is 58.8 Å². The molecule has 1 aliphatic heterocycles. The lowest BCUT2D eigenvalue weighted by Gasteiger charge is -2.36. The first-order chi connectivity index (χ1) is 8.25. The standard InChI is InChI=1S/C13H27N3O2/c1-9(13(2,3)4)16(5)8-10-6-7-11(18-10)12(17)15-14/h9-11H,6-8,14H2,1-5H3,(H,15,17). The van der Waals surface area contributed by atoms with Crippen molar-refractivity contribution in [1.82, 2.24) is 10.3 Å². The Kier molecular flexibility index (Phi) is 5.13. The van der Waals surface area contributed by atoms with Crippen molar-refractivity contribution in [2.24, 2.45) is 11.3 Å². The van der Waals surface area contributed by atoms with Crippen molar-refractivity contribution in [3.8, 4) is 0 Å². The molecule has 5 nitrogen and oxygen atoms in total. The quantitative estimate of drug-likeness (QED) is 0.446. The van der Waals surface area contributed by atoms with Gasteiger partial charge in [-0.25, -0.2) is 5.84 Å². The van der Waals surface area contributed by atoms with Crippen LogP contribution >= 0.6 is 0 Å². The van der Waals surface area contributed by atoms with Gasteiger partial charge in [0.05, 0.1) is 6.10 Å². The zero-order valence-electron chi connectivity index (χ0n) is 12.2. The zero-order valence-corrected chi connectivity index (χ0v) is 12.2. The SMILES string of the molecule is CC(N(C)CC1CCC(C(=O)NN)O1)C(C)(C)C. The molecule has 0 bridgehead atoms. The maximum atomic E-state index is 11.4. The monoisotopic (exact) mass is 257 g/mol. The van der Waals surface area contributed by atoms with Crippen molar-refractivity contribution in [2.75, 3.05) is 13.6 Å². The third-order valence-electron chi connectivity index (χ3n) is 3.95. The molecule has 0 aromatic heterocycles. The van der Waals surface area contributed by atoms with Crippen LogP contribution in [0.15, 0.2) is 0 Å². The molecular formula is C13H27N3O2. The van der Waals surface area contributed by atoms with Crippen molar-refractivity contribution in [3.63, 3.8) is 0 Å². The number of nitrogens with zero attached hydrogens (tertiary/aromatic N) is 1. The molecule has 1 heterocycles. The molecule has 106 valence electrons. The molecule has 0 aromatic carbocycles. The Labute approximate surface area is 110 Å². The summed E-state index contributed by atoms with van der Waals surface area (Å²) in [5, 5.41) is 0. The van der Waals surface area contributed by atoms with E-state index in [4.69, 9.17) is 10.6 Å². The lowest BCUT2D eigenvalue weighted by atomic mass is 9.87. The normalized spacial score (nSPS) is 26.4. The molecule has 3 atom stereocenters. The molecule has 5 heteroatoms. The van der Waals surface area contributed by atoms with E-state index in [9.17, 15) is 4.79 Å². The third-order valence-corrected chi connectivity index (χ3v) is 3.95. The van der Waals surface area contributed by atoms with Crippen LogP contribution in [0.4, 0.5) is 0 Å². The molecule has 18 heavy (non-hydrogen) atoms. The molecule has 1 saturated heterocycles. The summed E-state index contributed by atoms with van der Waals surface area (Å²) in [7, 11) is 2.11. The molecule has 3 unspecified atom stereocenters. The average molecular weight is 257 g/mol. The van der Waals surface area contributed by atoms with Gasteiger partial charge < -0.3 is 9.64 Å². The van der Waals surface area contributed by atoms with Crippen molar-refractivity contribution in [3.05, 3.63) is 0 Å². The Morgan fingerprint density at radius 3 is 2.61 bits per heavy atom. The number of nitrogens with one attached hydrogen (secondary N) is 1. The van der Waals surface area contributed by atoms with Gasteiger partial charge in [0, 0.05) is 12.6 Å². The summed E-state index contributed by atoms with van der Waals surface area (Å²) in [6.07, 6.45) is 1.42. The van der Waals surface area contributed by atoms with Crippen LogP contribution < -0.4 is 11.3 Å². The van der Waals surface area contributed by atoms with Gasteiger partial charge in [0.1, 0.15) is 6.10 Å². The summed E-state index contributed by atoms with van der Waals surface area (Å²) in [5.74, 6) is 4.90. The third kappa shape index (κ3) is 3.93. The molecule has 0 radical (unpaired) electrons. The predicted molar refractivity (Wildman–Crippen MR) is 71.8 cm³/mol. The number of likely N-dealkylation sites (N-methyl/N-ethyl adjacent to an activating group) is 1. The largest absolute Gasteiger partial charge is 0.364 e. The maximum absolute atomic E-state index is 11.4. The van der Waals surface area contributed by atoms with Crippen LogP contribution in [0.3, 0.4) is 0 Å². The summed E-state index contributed by atoms with van der Waals surface area (Å²) in [4.78, 5) is 13.7. The Morgan fingerprint density at radius 2 is 2.11 bits per heavy atom. The minimum Gasteiger partial charge on any atom is -0.364 e. The van der Waals surface area contributed by atoms with Gasteiger partial charge >= 0.3 is 0 Å². The van der Waals surface area contributed by atoms with E-state index in [1.54, 1.807) is 0 Å². The number of carbonyl (C=O) groups is 1. The highest BCUT2D eigenvalue weighted by atomic mass is 16.5. The number of hydrogen-bond donors (Lipinski definition) is 2. The molecule has 1 rings (SSSR count). The number of ether oxygens (including phenoxy) is 1. The Hall–Kier alpha value is -0.650. The summed E-state index contributed by atoms with van der Waals surface area (Å²) in [6.45, 7) is 9.77. The average Bonchev–Trinajstić information content (AvgIpc) is 2.74. The molecule has 1 fully saturated rings. The highest BCUT2D eigenvalue weighted by Crippen LogP contribution is 2.26. The smallest absolute Gasteiger partial charge is 0.263 e. The first-order valence-corrected chi connectivity index (χ1v) is 6.62. The lowest BCUT2D eigenvalue weighted by molar-refractivity contribution is -0.132. The summed E-state index contributed by atoms with van der Waals surface area (Å²) in [6, 6.07) is 0.462. The van der Waals surface area contributed by atoms with E-state index < -0.39 is 0 Å². The van der Waals surface area contributed by atoms with Crippen LogP contribution in [0.25, 0.3) is 0 Å². The van der Waals surface area contributed by atoms with Crippen LogP contribution in [-0.4, -0.2) is 42.6 Å². The number of hydrazine groups is 1. The Morgan fingerprint density at radius 1 is 1.50 bits per heavy atom. The predicted octanol–water partition coefficient (Wildman–Crippen LogP) is 0.890. The Bertz CT molecular complexity index is 288. The summed E-state index contributed by atoms with van der Waals surface area (Å²) in [5.41, 5.74) is 2.39. The van der Waals surface area contributed by atoms with E-state index in [-0.39, 0.29) is 23.5 Å².